The van der Waals surface area contributed by atoms with Gasteiger partial charge in [0, 0.05) is 25.6 Å². The third-order valence-electron chi connectivity index (χ3n) is 4.90. The highest BCUT2D eigenvalue weighted by Crippen LogP contribution is 2.17. The highest BCUT2D eigenvalue weighted by Gasteiger charge is 2.24. The van der Waals surface area contributed by atoms with E-state index in [4.69, 9.17) is 4.74 Å². The van der Waals surface area contributed by atoms with Crippen molar-refractivity contribution in [3.05, 3.63) is 53.1 Å². The van der Waals surface area contributed by atoms with E-state index in [0.717, 1.165) is 31.7 Å². The predicted molar refractivity (Wildman–Crippen MR) is 102 cm³/mol. The zero-order valence-electron chi connectivity index (χ0n) is 16.0. The largest absolute Gasteiger partial charge is 0.376 e. The van der Waals surface area contributed by atoms with Gasteiger partial charge < -0.3 is 14.6 Å². The Hall–Kier alpha value is -2.14. The molecule has 0 aliphatic carbocycles. The molecule has 1 aromatic carbocycles. The van der Waals surface area contributed by atoms with E-state index in [1.165, 1.54) is 11.1 Å². The highest BCUT2D eigenvalue weighted by atomic mass is 16.5. The van der Waals surface area contributed by atoms with E-state index in [-0.39, 0.29) is 17.9 Å². The molecule has 140 valence electrons. The fraction of sp³-hybridized carbons (Fsp3) is 0.524. The molecule has 0 spiro atoms. The average molecular weight is 355 g/mol. The summed E-state index contributed by atoms with van der Waals surface area (Å²) in [5, 5.41) is 0. The third kappa shape index (κ3) is 4.73. The number of hydrogen-bond donors (Lipinski definition) is 1. The summed E-state index contributed by atoms with van der Waals surface area (Å²) in [6.07, 6.45) is 4.74. The minimum Gasteiger partial charge on any atom is -0.376 e. The number of aromatic nitrogens is 2. The second-order valence-corrected chi connectivity index (χ2v) is 7.46. The molecule has 5 nitrogen and oxygen atoms in total. The van der Waals surface area contributed by atoms with Crippen LogP contribution >= 0.6 is 0 Å². The van der Waals surface area contributed by atoms with Gasteiger partial charge >= 0.3 is 0 Å². The lowest BCUT2D eigenvalue weighted by Gasteiger charge is -2.25. The van der Waals surface area contributed by atoms with Crippen LogP contribution < -0.4 is 0 Å². The van der Waals surface area contributed by atoms with Gasteiger partial charge in [-0.05, 0) is 31.7 Å². The van der Waals surface area contributed by atoms with Crippen molar-refractivity contribution in [2.45, 2.75) is 52.1 Å². The Morgan fingerprint density at radius 1 is 1.35 bits per heavy atom. The number of amides is 1. The zero-order valence-corrected chi connectivity index (χ0v) is 16.0. The maximum atomic E-state index is 13.0. The van der Waals surface area contributed by atoms with Gasteiger partial charge in [-0.15, -0.1) is 0 Å². The first-order valence-corrected chi connectivity index (χ1v) is 9.54. The number of benzene rings is 1. The molecule has 1 fully saturated rings. The molecule has 0 bridgehead atoms. The summed E-state index contributed by atoms with van der Waals surface area (Å²) in [6.45, 7) is 8.33. The predicted octanol–water partition coefficient (Wildman–Crippen LogP) is 3.71. The number of carbonyl (C=O) groups excluding carboxylic acids is 1. The molecular formula is C21H29N3O2. The number of aromatic amines is 1. The van der Waals surface area contributed by atoms with Crippen molar-refractivity contribution < 1.29 is 9.53 Å². The highest BCUT2D eigenvalue weighted by molar-refractivity contribution is 5.92. The molecule has 2 aromatic rings. The fourth-order valence-electron chi connectivity index (χ4n) is 3.24. The number of ether oxygens (including phenoxy) is 1. The van der Waals surface area contributed by atoms with Crippen molar-refractivity contribution in [3.8, 4) is 0 Å². The second kappa shape index (κ2) is 8.49. The summed E-state index contributed by atoms with van der Waals surface area (Å²) in [5.41, 5.74) is 3.06. The molecule has 1 aromatic heterocycles. The molecular weight excluding hydrogens is 326 g/mol. The van der Waals surface area contributed by atoms with E-state index in [1.54, 1.807) is 6.20 Å². The molecule has 0 radical (unpaired) electrons. The van der Waals surface area contributed by atoms with Crippen LogP contribution in [0.3, 0.4) is 0 Å². The first-order valence-electron chi connectivity index (χ1n) is 9.54. The van der Waals surface area contributed by atoms with Crippen LogP contribution in [0.2, 0.25) is 0 Å². The molecule has 1 aliphatic rings. The number of imidazole rings is 1. The van der Waals surface area contributed by atoms with Gasteiger partial charge in [-0.25, -0.2) is 4.98 Å². The quantitative estimate of drug-likeness (QED) is 0.824. The number of H-pyrrole nitrogens is 1. The average Bonchev–Trinajstić information content (AvgIpc) is 3.31. The Kier molecular flexibility index (Phi) is 6.09. The number of carbonyl (C=O) groups is 1. The van der Waals surface area contributed by atoms with E-state index in [0.29, 0.717) is 18.8 Å². The second-order valence-electron chi connectivity index (χ2n) is 7.46. The van der Waals surface area contributed by atoms with Crippen molar-refractivity contribution in [2.75, 3.05) is 19.7 Å². The van der Waals surface area contributed by atoms with Crippen LogP contribution in [-0.2, 0) is 11.2 Å². The Bertz CT molecular complexity index is 715. The minimum atomic E-state index is 0.00649. The van der Waals surface area contributed by atoms with Gasteiger partial charge in [-0.2, -0.15) is 0 Å². The van der Waals surface area contributed by atoms with Crippen molar-refractivity contribution in [1.29, 1.82) is 0 Å². The standard InChI is InChI=1S/C21H29N3O2/c1-15(2)20-22-13-19(23-20)21(25)24(14-18-5-4-12-26-18)11-10-17-8-6-16(3)7-9-17/h6-9,13,15,18H,4-5,10-12,14H2,1-3H3,(H,22,23)/t18-/m1/s1. The molecule has 0 unspecified atom stereocenters. The van der Waals surface area contributed by atoms with Crippen molar-refractivity contribution in [2.24, 2.45) is 0 Å². The molecule has 1 aliphatic heterocycles. The van der Waals surface area contributed by atoms with Crippen LogP contribution in [0.1, 0.15) is 60.0 Å². The minimum absolute atomic E-state index is 0.00649. The SMILES string of the molecule is Cc1ccc(CCN(C[C@H]2CCCO2)C(=O)c2cnc(C(C)C)[nH]2)cc1. The summed E-state index contributed by atoms with van der Waals surface area (Å²) >= 11 is 0. The van der Waals surface area contributed by atoms with Crippen molar-refractivity contribution in [1.82, 2.24) is 14.9 Å². The van der Waals surface area contributed by atoms with Crippen molar-refractivity contribution >= 4 is 5.91 Å². The Balaban J connectivity index is 1.70. The van der Waals surface area contributed by atoms with Crippen molar-refractivity contribution in [3.63, 3.8) is 0 Å². The number of nitrogens with one attached hydrogen (secondary N) is 1. The van der Waals surface area contributed by atoms with E-state index in [2.05, 4.69) is 55.0 Å². The van der Waals surface area contributed by atoms with Gasteiger partial charge in [0.05, 0.1) is 12.3 Å². The summed E-state index contributed by atoms with van der Waals surface area (Å²) in [7, 11) is 0. The van der Waals surface area contributed by atoms with Crippen LogP contribution in [0.4, 0.5) is 0 Å². The first-order chi connectivity index (χ1) is 12.5. The first kappa shape index (κ1) is 18.6. The van der Waals surface area contributed by atoms with E-state index < -0.39 is 0 Å². The lowest BCUT2D eigenvalue weighted by molar-refractivity contribution is 0.0524. The van der Waals surface area contributed by atoms with Gasteiger partial charge in [0.15, 0.2) is 0 Å². The Morgan fingerprint density at radius 3 is 2.73 bits per heavy atom. The molecule has 26 heavy (non-hydrogen) atoms. The Labute approximate surface area is 155 Å². The number of nitrogens with zero attached hydrogens (tertiary/aromatic N) is 2. The van der Waals surface area contributed by atoms with E-state index >= 15 is 0 Å². The summed E-state index contributed by atoms with van der Waals surface area (Å²) < 4.78 is 5.76. The topological polar surface area (TPSA) is 58.2 Å². The molecule has 1 saturated heterocycles. The Morgan fingerprint density at radius 2 is 2.12 bits per heavy atom. The molecule has 5 heteroatoms. The third-order valence-corrected chi connectivity index (χ3v) is 4.90. The van der Waals surface area contributed by atoms with Gasteiger partial charge in [-0.1, -0.05) is 43.7 Å². The number of aryl methyl sites for hydroxylation is 1. The maximum Gasteiger partial charge on any atom is 0.272 e. The van der Waals surface area contributed by atoms with Gasteiger partial charge in [-0.3, -0.25) is 4.79 Å². The summed E-state index contributed by atoms with van der Waals surface area (Å²) in [6, 6.07) is 8.50. The van der Waals surface area contributed by atoms with Crippen LogP contribution in [0.5, 0.6) is 0 Å². The number of rotatable bonds is 7. The molecule has 1 atom stereocenters. The maximum absolute atomic E-state index is 13.0. The molecule has 3 rings (SSSR count). The summed E-state index contributed by atoms with van der Waals surface area (Å²) in [4.78, 5) is 22.5. The van der Waals surface area contributed by atoms with Gasteiger partial charge in [0.1, 0.15) is 11.5 Å². The molecule has 1 amide bonds. The monoisotopic (exact) mass is 355 g/mol. The zero-order chi connectivity index (χ0) is 18.5. The lowest BCUT2D eigenvalue weighted by Crippen LogP contribution is -2.39. The lowest BCUT2D eigenvalue weighted by atomic mass is 10.1. The number of hydrogen-bond acceptors (Lipinski definition) is 3. The summed E-state index contributed by atoms with van der Waals surface area (Å²) in [5.74, 6) is 1.13. The van der Waals surface area contributed by atoms with Crippen LogP contribution in [0, 0.1) is 6.92 Å². The van der Waals surface area contributed by atoms with Gasteiger partial charge in [0.2, 0.25) is 0 Å². The fourth-order valence-corrected chi connectivity index (χ4v) is 3.24. The van der Waals surface area contributed by atoms with Crippen LogP contribution in [0.25, 0.3) is 0 Å². The van der Waals surface area contributed by atoms with E-state index in [9.17, 15) is 4.79 Å². The molecule has 1 N–H and O–H groups in total. The smallest absolute Gasteiger partial charge is 0.272 e. The van der Waals surface area contributed by atoms with E-state index in [1.807, 2.05) is 4.90 Å². The normalized spacial score (nSPS) is 17.0. The van der Waals surface area contributed by atoms with Crippen LogP contribution in [-0.4, -0.2) is 46.6 Å². The van der Waals surface area contributed by atoms with Crippen LogP contribution in [0.15, 0.2) is 30.5 Å². The molecule has 0 saturated carbocycles. The van der Waals surface area contributed by atoms with Gasteiger partial charge in [0.25, 0.3) is 5.91 Å². The molecule has 2 heterocycles.